The van der Waals surface area contributed by atoms with E-state index in [0.717, 1.165) is 13.0 Å². The molecule has 6 heteroatoms. The van der Waals surface area contributed by atoms with E-state index in [-0.39, 0.29) is 16.7 Å². The molecule has 1 fully saturated rings. The molecule has 1 aromatic rings. The highest BCUT2D eigenvalue weighted by Crippen LogP contribution is 2.38. The number of ether oxygens (including phenoxy) is 2. The van der Waals surface area contributed by atoms with Crippen LogP contribution in [-0.2, 0) is 4.74 Å². The summed E-state index contributed by atoms with van der Waals surface area (Å²) in [5.74, 6) is 0.751. The Morgan fingerprint density at radius 2 is 2.15 bits per heavy atom. The van der Waals surface area contributed by atoms with Gasteiger partial charge in [-0.05, 0) is 24.5 Å². The van der Waals surface area contributed by atoms with Crippen LogP contribution in [0.3, 0.4) is 0 Å². The maximum Gasteiger partial charge on any atom is 0.333 e. The van der Waals surface area contributed by atoms with Crippen molar-refractivity contribution >= 4 is 11.4 Å². The smallest absolute Gasteiger partial charge is 0.333 e. The molecule has 0 N–H and O–H groups in total. The Balaban J connectivity index is 2.35. The van der Waals surface area contributed by atoms with Gasteiger partial charge in [-0.3, -0.25) is 10.1 Å². The topological polar surface area (TPSA) is 64.8 Å². The van der Waals surface area contributed by atoms with Crippen molar-refractivity contribution < 1.29 is 14.4 Å². The zero-order chi connectivity index (χ0) is 14.7. The molecule has 1 heterocycles. The fraction of sp³-hybridized carbons (Fsp3) is 0.571. The quantitative estimate of drug-likeness (QED) is 0.626. The van der Waals surface area contributed by atoms with E-state index in [1.54, 1.807) is 25.3 Å². The first-order valence-electron chi connectivity index (χ1n) is 6.67. The van der Waals surface area contributed by atoms with Crippen molar-refractivity contribution in [1.29, 1.82) is 0 Å². The molecular formula is C14H20N2O4. The Labute approximate surface area is 118 Å². The SMILES string of the molecule is COc1cccc(N2CCC(C)C(OC)C2)c1[N+](=O)[O-]. The molecular weight excluding hydrogens is 260 g/mol. The fourth-order valence-electron chi connectivity index (χ4n) is 2.67. The summed E-state index contributed by atoms with van der Waals surface area (Å²) in [5.41, 5.74) is 0.628. The number of piperidine rings is 1. The number of rotatable bonds is 4. The van der Waals surface area contributed by atoms with Crippen molar-refractivity contribution in [3.63, 3.8) is 0 Å². The maximum atomic E-state index is 11.3. The zero-order valence-corrected chi connectivity index (χ0v) is 12.0. The number of hydrogen-bond donors (Lipinski definition) is 0. The van der Waals surface area contributed by atoms with E-state index in [9.17, 15) is 10.1 Å². The minimum atomic E-state index is -0.381. The van der Waals surface area contributed by atoms with Crippen molar-refractivity contribution in [1.82, 2.24) is 0 Å². The molecule has 2 atom stereocenters. The summed E-state index contributed by atoms with van der Waals surface area (Å²) >= 11 is 0. The average molecular weight is 280 g/mol. The minimum Gasteiger partial charge on any atom is -0.490 e. The summed E-state index contributed by atoms with van der Waals surface area (Å²) in [5, 5.41) is 11.3. The number of methoxy groups -OCH3 is 2. The predicted octanol–water partition coefficient (Wildman–Crippen LogP) is 2.46. The third-order valence-corrected chi connectivity index (χ3v) is 3.91. The second kappa shape index (κ2) is 6.09. The first-order chi connectivity index (χ1) is 9.58. The number of nitro benzene ring substituents is 1. The average Bonchev–Trinajstić information content (AvgIpc) is 2.46. The maximum absolute atomic E-state index is 11.3. The van der Waals surface area contributed by atoms with Gasteiger partial charge in [0.25, 0.3) is 0 Å². The highest BCUT2D eigenvalue weighted by molar-refractivity contribution is 5.70. The van der Waals surface area contributed by atoms with Crippen LogP contribution < -0.4 is 9.64 Å². The fourth-order valence-corrected chi connectivity index (χ4v) is 2.67. The Kier molecular flexibility index (Phi) is 4.44. The van der Waals surface area contributed by atoms with Crippen molar-refractivity contribution in [2.45, 2.75) is 19.4 Å². The molecule has 0 aliphatic carbocycles. The van der Waals surface area contributed by atoms with Gasteiger partial charge < -0.3 is 14.4 Å². The van der Waals surface area contributed by atoms with Gasteiger partial charge in [0.2, 0.25) is 0 Å². The van der Waals surface area contributed by atoms with Crippen LogP contribution in [0.2, 0.25) is 0 Å². The van der Waals surface area contributed by atoms with Crippen molar-refractivity contribution in [2.75, 3.05) is 32.2 Å². The molecule has 1 aromatic carbocycles. The van der Waals surface area contributed by atoms with Crippen molar-refractivity contribution in [2.24, 2.45) is 5.92 Å². The van der Waals surface area contributed by atoms with Gasteiger partial charge in [-0.25, -0.2) is 0 Å². The molecule has 2 unspecified atom stereocenters. The molecule has 0 amide bonds. The molecule has 110 valence electrons. The van der Waals surface area contributed by atoms with Crippen LogP contribution in [0.5, 0.6) is 5.75 Å². The Morgan fingerprint density at radius 1 is 1.40 bits per heavy atom. The molecule has 6 nitrogen and oxygen atoms in total. The van der Waals surface area contributed by atoms with Crippen LogP contribution in [0.25, 0.3) is 0 Å². The Bertz CT molecular complexity index is 492. The molecule has 1 aliphatic heterocycles. The number of para-hydroxylation sites is 1. The first kappa shape index (κ1) is 14.6. The van der Waals surface area contributed by atoms with Crippen LogP contribution in [0.1, 0.15) is 13.3 Å². The lowest BCUT2D eigenvalue weighted by atomic mass is 9.95. The second-order valence-electron chi connectivity index (χ2n) is 5.07. The third kappa shape index (κ3) is 2.70. The van der Waals surface area contributed by atoms with E-state index in [1.165, 1.54) is 7.11 Å². The highest BCUT2D eigenvalue weighted by atomic mass is 16.6. The van der Waals surface area contributed by atoms with E-state index in [4.69, 9.17) is 9.47 Å². The predicted molar refractivity (Wildman–Crippen MR) is 76.4 cm³/mol. The molecule has 0 bridgehead atoms. The molecule has 2 rings (SSSR count). The number of anilines is 1. The van der Waals surface area contributed by atoms with Gasteiger partial charge in [0.1, 0.15) is 5.69 Å². The molecule has 1 aliphatic rings. The van der Waals surface area contributed by atoms with Gasteiger partial charge in [0.05, 0.1) is 18.1 Å². The minimum absolute atomic E-state index is 0.0272. The number of nitro groups is 1. The monoisotopic (exact) mass is 280 g/mol. The third-order valence-electron chi connectivity index (χ3n) is 3.91. The summed E-state index contributed by atoms with van der Waals surface area (Å²) in [4.78, 5) is 13.0. The van der Waals surface area contributed by atoms with E-state index >= 15 is 0 Å². The highest BCUT2D eigenvalue weighted by Gasteiger charge is 2.31. The van der Waals surface area contributed by atoms with E-state index < -0.39 is 0 Å². The van der Waals surface area contributed by atoms with E-state index in [1.807, 2.05) is 4.90 Å². The van der Waals surface area contributed by atoms with Gasteiger partial charge in [0, 0.05) is 20.2 Å². The molecule has 0 radical (unpaired) electrons. The van der Waals surface area contributed by atoms with E-state index in [2.05, 4.69) is 6.92 Å². The lowest BCUT2D eigenvalue weighted by molar-refractivity contribution is -0.385. The first-order valence-corrected chi connectivity index (χ1v) is 6.67. The van der Waals surface area contributed by atoms with Gasteiger partial charge >= 0.3 is 5.69 Å². The van der Waals surface area contributed by atoms with Crippen LogP contribution in [0.15, 0.2) is 18.2 Å². The molecule has 20 heavy (non-hydrogen) atoms. The lowest BCUT2D eigenvalue weighted by Crippen LogP contribution is -2.44. The largest absolute Gasteiger partial charge is 0.490 e. The van der Waals surface area contributed by atoms with Crippen LogP contribution >= 0.6 is 0 Å². The molecule has 1 saturated heterocycles. The normalized spacial score (nSPS) is 22.6. The van der Waals surface area contributed by atoms with Gasteiger partial charge in [-0.2, -0.15) is 0 Å². The van der Waals surface area contributed by atoms with Crippen LogP contribution in [0, 0.1) is 16.0 Å². The lowest BCUT2D eigenvalue weighted by Gasteiger charge is -2.37. The van der Waals surface area contributed by atoms with Crippen molar-refractivity contribution in [3.8, 4) is 5.75 Å². The zero-order valence-electron chi connectivity index (χ0n) is 12.0. The summed E-state index contributed by atoms with van der Waals surface area (Å²) in [6.45, 7) is 3.59. The number of benzene rings is 1. The summed E-state index contributed by atoms with van der Waals surface area (Å²) in [6.07, 6.45) is 1.04. The van der Waals surface area contributed by atoms with Gasteiger partial charge in [0.15, 0.2) is 5.75 Å². The summed E-state index contributed by atoms with van der Waals surface area (Å²) < 4.78 is 10.6. The molecule has 0 aromatic heterocycles. The second-order valence-corrected chi connectivity index (χ2v) is 5.07. The molecule has 0 spiro atoms. The number of hydrogen-bond acceptors (Lipinski definition) is 5. The summed E-state index contributed by atoms with van der Waals surface area (Å²) in [6, 6.07) is 5.16. The number of nitrogens with zero attached hydrogens (tertiary/aromatic N) is 2. The Morgan fingerprint density at radius 3 is 2.75 bits per heavy atom. The Hall–Kier alpha value is -1.82. The van der Waals surface area contributed by atoms with Crippen molar-refractivity contribution in [3.05, 3.63) is 28.3 Å². The van der Waals surface area contributed by atoms with Gasteiger partial charge in [-0.1, -0.05) is 13.0 Å². The van der Waals surface area contributed by atoms with Gasteiger partial charge in [-0.15, -0.1) is 0 Å². The standard InChI is InChI=1S/C14H20N2O4/c1-10-7-8-15(9-13(10)20-3)11-5-4-6-12(19-2)14(11)16(17)18/h4-6,10,13H,7-9H2,1-3H3. The van der Waals surface area contributed by atoms with Crippen LogP contribution in [0.4, 0.5) is 11.4 Å². The van der Waals surface area contributed by atoms with E-state index in [0.29, 0.717) is 23.9 Å². The molecule has 0 saturated carbocycles. The summed E-state index contributed by atoms with van der Waals surface area (Å²) in [7, 11) is 3.13. The van der Waals surface area contributed by atoms with Crippen LogP contribution in [-0.4, -0.2) is 38.3 Å².